The van der Waals surface area contributed by atoms with Crippen molar-refractivity contribution < 1.29 is 30.0 Å². The first-order valence-corrected chi connectivity index (χ1v) is 22.8. The molecule has 1 radical (unpaired) electrons. The van der Waals surface area contributed by atoms with E-state index in [0.717, 1.165) is 22.5 Å². The zero-order valence-corrected chi connectivity index (χ0v) is 40.1. The van der Waals surface area contributed by atoms with Crippen LogP contribution < -0.4 is 0 Å². The molecule has 0 bridgehead atoms. The molecule has 5 heteroatoms. The Labute approximate surface area is 385 Å². The molecule has 0 unspecified atom stereocenters. The number of pyridine rings is 2. The number of benzene rings is 4. The SMILES string of the molecule is CC(=O)C=C(C)O.CCCCC1(CCCC)c2ccccc2-c2c[c-]c(-c3ccccn3)cc21.CCCCC1(CCCC)c2ccccc2-c2c[c-]c(-c3ccccn3)cc21.[Ir]. The summed E-state index contributed by atoms with van der Waals surface area (Å²) in [7, 11) is 0. The number of rotatable bonds is 15. The van der Waals surface area contributed by atoms with Gasteiger partial charge in [0.05, 0.1) is 5.76 Å². The van der Waals surface area contributed by atoms with E-state index in [9.17, 15) is 4.79 Å². The van der Waals surface area contributed by atoms with Crippen molar-refractivity contribution in [3.05, 3.63) is 168 Å². The molecular formula is C57H64IrN2O2-2. The van der Waals surface area contributed by atoms with Gasteiger partial charge in [0.15, 0.2) is 5.78 Å². The molecule has 4 nitrogen and oxygen atoms in total. The molecule has 4 aromatic carbocycles. The van der Waals surface area contributed by atoms with Gasteiger partial charge < -0.3 is 15.1 Å². The quantitative estimate of drug-likeness (QED) is 0.0632. The smallest absolute Gasteiger partial charge is 0.155 e. The Bertz CT molecular complexity index is 2210. The molecule has 2 aliphatic rings. The van der Waals surface area contributed by atoms with Crippen molar-refractivity contribution in [3.8, 4) is 44.8 Å². The molecule has 2 heterocycles. The maximum Gasteiger partial charge on any atom is 0.155 e. The second kappa shape index (κ2) is 22.9. The number of aromatic nitrogens is 2. The number of aliphatic hydroxyl groups excluding tert-OH is 1. The fraction of sp³-hybridized carbons (Fsp3) is 0.351. The molecular weight excluding hydrogens is 937 g/mol. The van der Waals surface area contributed by atoms with E-state index in [0.29, 0.717) is 0 Å². The first kappa shape index (κ1) is 48.1. The third-order valence-electron chi connectivity index (χ3n) is 12.5. The van der Waals surface area contributed by atoms with E-state index >= 15 is 0 Å². The Morgan fingerprint density at radius 1 is 0.548 bits per heavy atom. The molecule has 0 spiro atoms. The number of carbonyl (C=O) groups excluding carboxylic acids is 1. The first-order valence-electron chi connectivity index (χ1n) is 22.8. The average Bonchev–Trinajstić information content (AvgIpc) is 3.72. The normalized spacial score (nSPS) is 13.5. The average molecular weight is 1000 g/mol. The van der Waals surface area contributed by atoms with Crippen LogP contribution in [0.15, 0.2) is 133 Å². The largest absolute Gasteiger partial charge is 0.512 e. The molecule has 0 amide bonds. The van der Waals surface area contributed by atoms with E-state index in [4.69, 9.17) is 5.11 Å². The van der Waals surface area contributed by atoms with Crippen molar-refractivity contribution in [2.24, 2.45) is 0 Å². The molecule has 6 aromatic rings. The summed E-state index contributed by atoms with van der Waals surface area (Å²) in [6, 6.07) is 46.5. The minimum atomic E-state index is -0.125. The number of hydrogen-bond acceptors (Lipinski definition) is 4. The first-order chi connectivity index (χ1) is 29.7. The van der Waals surface area contributed by atoms with Gasteiger partial charge in [-0.05, 0) is 74.2 Å². The summed E-state index contributed by atoms with van der Waals surface area (Å²) in [6.45, 7) is 12.0. The summed E-state index contributed by atoms with van der Waals surface area (Å²) in [4.78, 5) is 19.1. The van der Waals surface area contributed by atoms with Gasteiger partial charge in [-0.3, -0.25) is 4.79 Å². The number of nitrogens with zero attached hydrogens (tertiary/aromatic N) is 2. The molecule has 0 fully saturated rings. The standard InChI is InChI=1S/2C26H28N.C5H8O2.Ir/c2*1-3-5-16-26(17-6-4-2)23-12-8-7-11-21(23)22-15-14-20(19-24(22)26)25-13-9-10-18-27-25;1-4(6)3-5(2)7;/h2*7-13,15,18-19H,3-6,16-17H2,1-2H3;3,6H,1-2H3;/q2*-1;;. The van der Waals surface area contributed by atoms with Gasteiger partial charge in [-0.25, -0.2) is 0 Å². The van der Waals surface area contributed by atoms with Gasteiger partial charge in [0.2, 0.25) is 0 Å². The van der Waals surface area contributed by atoms with Crippen LogP contribution in [-0.2, 0) is 35.7 Å². The van der Waals surface area contributed by atoms with Gasteiger partial charge in [0.1, 0.15) is 0 Å². The second-order valence-electron chi connectivity index (χ2n) is 16.8. The number of aliphatic hydroxyl groups is 1. The minimum absolute atomic E-state index is 0. The van der Waals surface area contributed by atoms with Crippen molar-refractivity contribution in [1.82, 2.24) is 9.97 Å². The molecule has 0 atom stereocenters. The molecule has 8 rings (SSSR count). The zero-order chi connectivity index (χ0) is 43.2. The summed E-state index contributed by atoms with van der Waals surface area (Å²) in [6.07, 6.45) is 19.8. The minimum Gasteiger partial charge on any atom is -0.512 e. The van der Waals surface area contributed by atoms with Crippen molar-refractivity contribution in [3.63, 3.8) is 0 Å². The maximum atomic E-state index is 10.0. The summed E-state index contributed by atoms with van der Waals surface area (Å²) in [5.41, 5.74) is 16.1. The van der Waals surface area contributed by atoms with Gasteiger partial charge in [0, 0.05) is 49.4 Å². The van der Waals surface area contributed by atoms with Gasteiger partial charge in [-0.15, -0.1) is 58.7 Å². The Balaban J connectivity index is 0.000000201. The van der Waals surface area contributed by atoms with Crippen LogP contribution in [0.4, 0.5) is 0 Å². The van der Waals surface area contributed by atoms with Crippen LogP contribution in [0.5, 0.6) is 0 Å². The predicted octanol–water partition coefficient (Wildman–Crippen LogP) is 15.4. The molecule has 2 aromatic heterocycles. The Morgan fingerprint density at radius 3 is 1.23 bits per heavy atom. The molecule has 0 saturated carbocycles. The van der Waals surface area contributed by atoms with E-state index in [1.165, 1.54) is 141 Å². The Morgan fingerprint density at radius 2 is 0.919 bits per heavy atom. The van der Waals surface area contributed by atoms with Crippen LogP contribution in [-0.4, -0.2) is 20.9 Å². The Kier molecular flexibility index (Phi) is 17.8. The fourth-order valence-electron chi connectivity index (χ4n) is 9.66. The second-order valence-corrected chi connectivity index (χ2v) is 16.8. The van der Waals surface area contributed by atoms with Crippen molar-refractivity contribution in [1.29, 1.82) is 0 Å². The van der Waals surface area contributed by atoms with E-state index in [-0.39, 0.29) is 42.5 Å². The third kappa shape index (κ3) is 10.6. The number of allylic oxidation sites excluding steroid dienone is 2. The predicted molar refractivity (Wildman–Crippen MR) is 255 cm³/mol. The zero-order valence-electron chi connectivity index (χ0n) is 37.7. The molecule has 325 valence electrons. The fourth-order valence-corrected chi connectivity index (χ4v) is 9.66. The summed E-state index contributed by atoms with van der Waals surface area (Å²) in [5.74, 6) is -0.0625. The van der Waals surface area contributed by atoms with Crippen LogP contribution in [0.2, 0.25) is 0 Å². The van der Waals surface area contributed by atoms with Crippen molar-refractivity contribution in [2.75, 3.05) is 0 Å². The van der Waals surface area contributed by atoms with Gasteiger partial charge in [-0.2, -0.15) is 0 Å². The topological polar surface area (TPSA) is 63.1 Å². The van der Waals surface area contributed by atoms with Gasteiger partial charge >= 0.3 is 0 Å². The Hall–Kier alpha value is -4.96. The van der Waals surface area contributed by atoms with Crippen molar-refractivity contribution in [2.45, 2.75) is 129 Å². The van der Waals surface area contributed by atoms with E-state index in [1.54, 1.807) is 0 Å². The molecule has 0 saturated heterocycles. The van der Waals surface area contributed by atoms with E-state index in [2.05, 4.69) is 147 Å². The molecule has 2 aliphatic carbocycles. The summed E-state index contributed by atoms with van der Waals surface area (Å²) in [5, 5.41) is 8.36. The summed E-state index contributed by atoms with van der Waals surface area (Å²) >= 11 is 0. The van der Waals surface area contributed by atoms with Crippen LogP contribution in [0, 0.1) is 12.1 Å². The molecule has 62 heavy (non-hydrogen) atoms. The van der Waals surface area contributed by atoms with Crippen LogP contribution in [0.3, 0.4) is 0 Å². The van der Waals surface area contributed by atoms with Crippen LogP contribution in [0.1, 0.15) is 141 Å². The van der Waals surface area contributed by atoms with Gasteiger partial charge in [-0.1, -0.05) is 174 Å². The monoisotopic (exact) mass is 1000 g/mol. The number of ketones is 1. The van der Waals surface area contributed by atoms with Crippen molar-refractivity contribution >= 4 is 5.78 Å². The van der Waals surface area contributed by atoms with Crippen LogP contribution in [0.25, 0.3) is 44.8 Å². The maximum absolute atomic E-state index is 10.0. The number of fused-ring (bicyclic) bond motifs is 6. The van der Waals surface area contributed by atoms with Crippen LogP contribution >= 0.6 is 0 Å². The van der Waals surface area contributed by atoms with E-state index < -0.39 is 0 Å². The number of unbranched alkanes of at least 4 members (excludes halogenated alkanes) is 4. The van der Waals surface area contributed by atoms with Gasteiger partial charge in [0.25, 0.3) is 0 Å². The molecule has 1 N–H and O–H groups in total. The number of carbonyl (C=O) groups is 1. The number of hydrogen-bond donors (Lipinski definition) is 1. The van der Waals surface area contributed by atoms with E-state index in [1.807, 2.05) is 24.5 Å². The molecule has 0 aliphatic heterocycles. The summed E-state index contributed by atoms with van der Waals surface area (Å²) < 4.78 is 0. The third-order valence-corrected chi connectivity index (χ3v) is 12.5.